The van der Waals surface area contributed by atoms with Gasteiger partial charge < -0.3 is 20.1 Å². The number of halogens is 1. The summed E-state index contributed by atoms with van der Waals surface area (Å²) < 4.78 is 39.6. The number of methoxy groups -OCH3 is 2. The van der Waals surface area contributed by atoms with E-state index in [1.54, 1.807) is 43.5 Å². The van der Waals surface area contributed by atoms with Gasteiger partial charge in [-0.25, -0.2) is 13.4 Å². The molecule has 1 atom stereocenters. The SMILES string of the molecule is COc1ccc2ccc(S(=O)(=O)N[C@H]3CCN(Cc4cc5c(N)nccc5cc4OC)C3=O)cc2c1.Cl. The molecule has 1 fully saturated rings. The van der Waals surface area contributed by atoms with E-state index in [9.17, 15) is 13.2 Å². The standard InChI is InChI=1S/C26H26N4O5S.ClH/c1-34-20-5-3-16-4-6-21(12-18(16)11-20)36(32,33)29-23-8-10-30(26(23)31)15-19-13-22-17(14-24(19)35-2)7-9-28-25(22)27;/h3-7,9,11-14,23,29H,8,10,15H2,1-2H3,(H2,27,28);1H/t23-;/m0./s1. The first-order valence-corrected chi connectivity index (χ1v) is 12.9. The number of sulfonamides is 1. The lowest BCUT2D eigenvalue weighted by Crippen LogP contribution is -2.41. The Kier molecular flexibility index (Phi) is 7.44. The van der Waals surface area contributed by atoms with E-state index in [1.807, 2.05) is 30.3 Å². The predicted octanol–water partition coefficient (Wildman–Crippen LogP) is 3.49. The van der Waals surface area contributed by atoms with Crippen LogP contribution in [0.1, 0.15) is 12.0 Å². The molecule has 0 unspecified atom stereocenters. The van der Waals surface area contributed by atoms with Crippen LogP contribution in [0.5, 0.6) is 11.5 Å². The van der Waals surface area contributed by atoms with Crippen molar-refractivity contribution in [2.75, 3.05) is 26.5 Å². The molecule has 0 bridgehead atoms. The quantitative estimate of drug-likeness (QED) is 0.366. The minimum atomic E-state index is -3.92. The van der Waals surface area contributed by atoms with Crippen LogP contribution in [0.2, 0.25) is 0 Å². The first-order valence-electron chi connectivity index (χ1n) is 11.4. The van der Waals surface area contributed by atoms with Crippen LogP contribution >= 0.6 is 12.4 Å². The average molecular weight is 543 g/mol. The topological polar surface area (TPSA) is 124 Å². The van der Waals surface area contributed by atoms with Gasteiger partial charge in [-0.15, -0.1) is 12.4 Å². The number of rotatable bonds is 7. The number of carbonyl (C=O) groups excluding carboxylic acids is 1. The summed E-state index contributed by atoms with van der Waals surface area (Å²) in [6, 6.07) is 15.0. The Morgan fingerprint density at radius 3 is 2.57 bits per heavy atom. The summed E-state index contributed by atoms with van der Waals surface area (Å²) >= 11 is 0. The van der Waals surface area contributed by atoms with E-state index >= 15 is 0 Å². The van der Waals surface area contributed by atoms with Gasteiger partial charge in [0, 0.05) is 30.2 Å². The molecule has 3 aromatic carbocycles. The third-order valence-corrected chi connectivity index (χ3v) is 7.95. The van der Waals surface area contributed by atoms with Crippen molar-refractivity contribution in [3.8, 4) is 11.5 Å². The molecule has 0 saturated carbocycles. The second kappa shape index (κ2) is 10.4. The zero-order valence-electron chi connectivity index (χ0n) is 20.3. The number of hydrogen-bond donors (Lipinski definition) is 2. The van der Waals surface area contributed by atoms with Crippen LogP contribution in [0, 0.1) is 0 Å². The molecule has 11 heteroatoms. The number of anilines is 1. The van der Waals surface area contributed by atoms with E-state index in [-0.39, 0.29) is 29.8 Å². The molecule has 37 heavy (non-hydrogen) atoms. The monoisotopic (exact) mass is 542 g/mol. The molecule has 1 aliphatic heterocycles. The van der Waals surface area contributed by atoms with E-state index in [0.29, 0.717) is 30.3 Å². The highest BCUT2D eigenvalue weighted by atomic mass is 35.5. The molecule has 9 nitrogen and oxygen atoms in total. The zero-order valence-corrected chi connectivity index (χ0v) is 21.9. The summed E-state index contributed by atoms with van der Waals surface area (Å²) in [5.41, 5.74) is 6.80. The molecule has 1 saturated heterocycles. The molecular weight excluding hydrogens is 516 g/mol. The van der Waals surface area contributed by atoms with E-state index in [2.05, 4.69) is 9.71 Å². The van der Waals surface area contributed by atoms with E-state index in [4.69, 9.17) is 15.2 Å². The van der Waals surface area contributed by atoms with Gasteiger partial charge in [-0.05, 0) is 65.0 Å². The molecular formula is C26H27ClN4O5S. The number of nitrogen functional groups attached to an aromatic ring is 1. The lowest BCUT2D eigenvalue weighted by Gasteiger charge is -2.20. The van der Waals surface area contributed by atoms with E-state index in [0.717, 1.165) is 27.1 Å². The largest absolute Gasteiger partial charge is 0.497 e. The van der Waals surface area contributed by atoms with Crippen LogP contribution in [0.15, 0.2) is 65.7 Å². The van der Waals surface area contributed by atoms with Gasteiger partial charge in [-0.2, -0.15) is 4.72 Å². The van der Waals surface area contributed by atoms with Crippen molar-refractivity contribution in [2.24, 2.45) is 0 Å². The summed E-state index contributed by atoms with van der Waals surface area (Å²) in [6.07, 6.45) is 1.99. The van der Waals surface area contributed by atoms with Gasteiger partial charge in [-0.1, -0.05) is 12.1 Å². The Morgan fingerprint density at radius 1 is 1.03 bits per heavy atom. The van der Waals surface area contributed by atoms with Gasteiger partial charge in [0.2, 0.25) is 15.9 Å². The first kappa shape index (κ1) is 26.5. The summed E-state index contributed by atoms with van der Waals surface area (Å²) in [4.78, 5) is 19.0. The summed E-state index contributed by atoms with van der Waals surface area (Å²) in [5.74, 6) is 1.36. The van der Waals surface area contributed by atoms with Gasteiger partial charge in [0.25, 0.3) is 0 Å². The van der Waals surface area contributed by atoms with Crippen molar-refractivity contribution in [1.29, 1.82) is 0 Å². The maximum absolute atomic E-state index is 13.1. The second-order valence-electron chi connectivity index (χ2n) is 8.68. The molecule has 1 aliphatic rings. The van der Waals surface area contributed by atoms with Crippen LogP contribution in [0.3, 0.4) is 0 Å². The average Bonchev–Trinajstić information content (AvgIpc) is 3.21. The number of nitrogens with one attached hydrogen (secondary N) is 1. The van der Waals surface area contributed by atoms with Crippen LogP contribution in [-0.4, -0.2) is 51.0 Å². The molecule has 0 aliphatic carbocycles. The first-order chi connectivity index (χ1) is 17.3. The number of hydrogen-bond acceptors (Lipinski definition) is 7. The van der Waals surface area contributed by atoms with Gasteiger partial charge in [-0.3, -0.25) is 4.79 Å². The molecule has 4 aromatic rings. The fourth-order valence-corrected chi connectivity index (χ4v) is 5.80. The van der Waals surface area contributed by atoms with Gasteiger partial charge >= 0.3 is 0 Å². The highest BCUT2D eigenvalue weighted by Crippen LogP contribution is 2.31. The van der Waals surface area contributed by atoms with Crippen molar-refractivity contribution in [2.45, 2.75) is 23.9 Å². The summed E-state index contributed by atoms with van der Waals surface area (Å²) in [6.45, 7) is 0.672. The minimum Gasteiger partial charge on any atom is -0.497 e. The maximum Gasteiger partial charge on any atom is 0.241 e. The zero-order chi connectivity index (χ0) is 25.4. The summed E-state index contributed by atoms with van der Waals surface area (Å²) in [5, 5.41) is 3.27. The van der Waals surface area contributed by atoms with Crippen LogP contribution in [-0.2, 0) is 21.4 Å². The van der Waals surface area contributed by atoms with Crippen LogP contribution < -0.4 is 19.9 Å². The number of ether oxygens (including phenoxy) is 2. The molecule has 1 amide bonds. The third kappa shape index (κ3) is 5.13. The Bertz CT molecular complexity index is 1600. The smallest absolute Gasteiger partial charge is 0.241 e. The highest BCUT2D eigenvalue weighted by molar-refractivity contribution is 7.89. The lowest BCUT2D eigenvalue weighted by molar-refractivity contribution is -0.129. The van der Waals surface area contributed by atoms with Gasteiger partial charge in [0.1, 0.15) is 23.4 Å². The van der Waals surface area contributed by atoms with Crippen LogP contribution in [0.25, 0.3) is 21.5 Å². The number of nitrogens with two attached hydrogens (primary N) is 1. The number of nitrogens with zero attached hydrogens (tertiary/aromatic N) is 2. The molecule has 0 spiro atoms. The number of carbonyl (C=O) groups is 1. The van der Waals surface area contributed by atoms with Crippen LogP contribution in [0.4, 0.5) is 5.82 Å². The summed E-state index contributed by atoms with van der Waals surface area (Å²) in [7, 11) is -0.797. The number of benzene rings is 3. The normalized spacial score (nSPS) is 15.7. The lowest BCUT2D eigenvalue weighted by atomic mass is 10.1. The van der Waals surface area contributed by atoms with Crippen molar-refractivity contribution in [3.63, 3.8) is 0 Å². The minimum absolute atomic E-state index is 0. The Labute approximate surface area is 221 Å². The maximum atomic E-state index is 13.1. The van der Waals surface area contributed by atoms with Crippen molar-refractivity contribution < 1.29 is 22.7 Å². The van der Waals surface area contributed by atoms with Crippen molar-refractivity contribution in [1.82, 2.24) is 14.6 Å². The number of aromatic nitrogens is 1. The second-order valence-corrected chi connectivity index (χ2v) is 10.4. The molecule has 0 radical (unpaired) electrons. The molecule has 194 valence electrons. The van der Waals surface area contributed by atoms with Gasteiger partial charge in [0.05, 0.1) is 19.1 Å². The van der Waals surface area contributed by atoms with Gasteiger partial charge in [0.15, 0.2) is 0 Å². The van der Waals surface area contributed by atoms with E-state index < -0.39 is 16.1 Å². The molecule has 2 heterocycles. The Balaban J connectivity index is 0.00000320. The number of likely N-dealkylation sites (tertiary alicyclic amines) is 1. The molecule has 5 rings (SSSR count). The third-order valence-electron chi connectivity index (χ3n) is 6.48. The Hall–Kier alpha value is -3.60. The fraction of sp³-hybridized carbons (Fsp3) is 0.231. The highest BCUT2D eigenvalue weighted by Gasteiger charge is 2.35. The number of fused-ring (bicyclic) bond motifs is 2. The molecule has 1 aromatic heterocycles. The Morgan fingerprint density at radius 2 is 1.81 bits per heavy atom. The van der Waals surface area contributed by atoms with Crippen molar-refractivity contribution >= 4 is 55.7 Å². The fourth-order valence-electron chi connectivity index (χ4n) is 4.54. The number of amides is 1. The van der Waals surface area contributed by atoms with E-state index in [1.165, 1.54) is 6.07 Å². The predicted molar refractivity (Wildman–Crippen MR) is 145 cm³/mol. The number of pyridine rings is 1. The molecule has 3 N–H and O–H groups in total. The van der Waals surface area contributed by atoms with Crippen molar-refractivity contribution in [3.05, 3.63) is 66.4 Å².